The Morgan fingerprint density at radius 2 is 1.74 bits per heavy atom. The van der Waals surface area contributed by atoms with E-state index in [2.05, 4.69) is 98.2 Å². The molecule has 0 saturated heterocycles. The van der Waals surface area contributed by atoms with Crippen LogP contribution in [0.1, 0.15) is 58.6 Å². The van der Waals surface area contributed by atoms with Gasteiger partial charge in [0.25, 0.3) is 0 Å². The maximum atomic E-state index is 6.48. The van der Waals surface area contributed by atoms with E-state index in [1.54, 1.807) is 0 Å². The smallest absolute Gasteiger partial charge is 1.00 e. The van der Waals surface area contributed by atoms with Gasteiger partial charge in [0.1, 0.15) is 0 Å². The van der Waals surface area contributed by atoms with Crippen LogP contribution in [0, 0.1) is 0 Å². The largest absolute Gasteiger partial charge is 1.00 e. The number of hydrogen-bond acceptors (Lipinski definition) is 2. The van der Waals surface area contributed by atoms with Gasteiger partial charge in [-0.1, -0.05) is 0 Å². The fourth-order valence-corrected chi connectivity index (χ4v) is 4.67. The van der Waals surface area contributed by atoms with Gasteiger partial charge in [-0.15, -0.1) is 0 Å². The molecule has 2 nitrogen and oxygen atoms in total. The van der Waals surface area contributed by atoms with Crippen LogP contribution in [0.2, 0.25) is 19.6 Å². The summed E-state index contributed by atoms with van der Waals surface area (Å²) in [5, 5.41) is 3.77. The third kappa shape index (κ3) is 6.68. The predicted molar refractivity (Wildman–Crippen MR) is 108 cm³/mol. The first-order valence-electron chi connectivity index (χ1n) is 9.21. The maximum absolute atomic E-state index is 6.48. The van der Waals surface area contributed by atoms with E-state index in [1.807, 2.05) is 0 Å². The van der Waals surface area contributed by atoms with Gasteiger partial charge in [0, 0.05) is 0 Å². The summed E-state index contributed by atoms with van der Waals surface area (Å²) in [7, 11) is -1.68. The molecule has 0 heterocycles. The van der Waals surface area contributed by atoms with Gasteiger partial charge in [0.05, 0.1) is 0 Å². The fourth-order valence-electron chi connectivity index (χ4n) is 3.22. The first-order chi connectivity index (χ1) is 11.4. The fraction of sp³-hybridized carbons (Fsp3) is 0.524. The minimum atomic E-state index is -1.68. The summed E-state index contributed by atoms with van der Waals surface area (Å²) in [6, 6.07) is 6.51. The van der Waals surface area contributed by atoms with Crippen molar-refractivity contribution < 1.29 is 49.7 Å². The summed E-state index contributed by atoms with van der Waals surface area (Å²) in [5.74, 6) is 1.05. The second kappa shape index (κ2) is 10.0. The van der Waals surface area contributed by atoms with E-state index in [0.29, 0.717) is 0 Å². The van der Waals surface area contributed by atoms with Crippen molar-refractivity contribution in [2.24, 2.45) is 0 Å². The Balaban J connectivity index is 0.00000338. The molecule has 1 aromatic carbocycles. The number of nitrogens with one attached hydrogen (secondary N) is 1. The van der Waals surface area contributed by atoms with E-state index in [9.17, 15) is 0 Å². The van der Waals surface area contributed by atoms with Crippen LogP contribution < -0.4 is 34.6 Å². The van der Waals surface area contributed by atoms with Crippen LogP contribution in [0.25, 0.3) is 9.45 Å². The van der Waals surface area contributed by atoms with Gasteiger partial charge >= 0.3 is 167 Å². The van der Waals surface area contributed by atoms with Crippen LogP contribution in [0.4, 0.5) is 0 Å². The van der Waals surface area contributed by atoms with E-state index < -0.39 is 8.32 Å². The van der Waals surface area contributed by atoms with E-state index in [1.165, 1.54) is 31.8 Å². The molecule has 1 aliphatic carbocycles. The maximum Gasteiger partial charge on any atom is -1.00 e. The van der Waals surface area contributed by atoms with Gasteiger partial charge < -0.3 is 24.8 Å². The van der Waals surface area contributed by atoms with Crippen LogP contribution in [0.5, 0.6) is 5.75 Å². The molecule has 0 unspecified atom stereocenters. The quantitative estimate of drug-likeness (QED) is 0.629. The monoisotopic (exact) mass is 460 g/mol. The SMILES string of the molecule is CCCC(C)=C1C(NC(C)(C)C)=[C]([Ti+2])c2cccc(O[Si](C)(C)C)c21.[Cl-].[Cl-]. The molecule has 0 atom stereocenters. The molecule has 0 radical (unpaired) electrons. The Morgan fingerprint density at radius 1 is 1.15 bits per heavy atom. The molecule has 0 fully saturated rings. The van der Waals surface area contributed by atoms with E-state index in [-0.39, 0.29) is 30.4 Å². The molecule has 0 aromatic heterocycles. The topological polar surface area (TPSA) is 21.3 Å². The van der Waals surface area contributed by atoms with Gasteiger partial charge in [0.15, 0.2) is 0 Å². The van der Waals surface area contributed by atoms with Crippen LogP contribution >= 0.6 is 0 Å². The average Bonchev–Trinajstić information content (AvgIpc) is 2.70. The van der Waals surface area contributed by atoms with Gasteiger partial charge in [0.2, 0.25) is 0 Å². The Hall–Kier alpha value is -0.189. The van der Waals surface area contributed by atoms with E-state index in [4.69, 9.17) is 4.43 Å². The van der Waals surface area contributed by atoms with Crippen LogP contribution in [-0.4, -0.2) is 13.9 Å². The molecule has 2 rings (SSSR count). The average molecular weight is 461 g/mol. The Labute approximate surface area is 191 Å². The van der Waals surface area contributed by atoms with Crippen molar-refractivity contribution in [1.29, 1.82) is 0 Å². The molecule has 0 bridgehead atoms. The Morgan fingerprint density at radius 3 is 2.22 bits per heavy atom. The third-order valence-electron chi connectivity index (χ3n) is 4.01. The zero-order valence-electron chi connectivity index (χ0n) is 17.8. The minimum absolute atomic E-state index is 0. The number of benzene rings is 1. The number of halogens is 2. The predicted octanol–water partition coefficient (Wildman–Crippen LogP) is 0.0990. The summed E-state index contributed by atoms with van der Waals surface area (Å²) in [6.07, 6.45) is 2.27. The van der Waals surface area contributed by atoms with Gasteiger partial charge in [-0.25, -0.2) is 0 Å². The van der Waals surface area contributed by atoms with Gasteiger partial charge in [-0.2, -0.15) is 0 Å². The molecule has 27 heavy (non-hydrogen) atoms. The van der Waals surface area contributed by atoms with Gasteiger partial charge in [-0.05, 0) is 0 Å². The van der Waals surface area contributed by atoms with Crippen molar-refractivity contribution in [2.45, 2.75) is 72.6 Å². The van der Waals surface area contributed by atoms with Crippen molar-refractivity contribution in [1.82, 2.24) is 5.32 Å². The van der Waals surface area contributed by atoms with Crippen molar-refractivity contribution >= 4 is 17.8 Å². The number of fused-ring (bicyclic) bond motifs is 1. The molecule has 0 amide bonds. The van der Waals surface area contributed by atoms with Crippen LogP contribution in [0.15, 0.2) is 29.5 Å². The molecule has 1 N–H and O–H groups in total. The van der Waals surface area contributed by atoms with Crippen molar-refractivity contribution in [3.63, 3.8) is 0 Å². The zero-order chi connectivity index (χ0) is 19.0. The molecular weight excluding hydrogens is 429 g/mol. The van der Waals surface area contributed by atoms with E-state index in [0.717, 1.165) is 18.6 Å². The van der Waals surface area contributed by atoms with E-state index >= 15 is 0 Å². The van der Waals surface area contributed by atoms with Gasteiger partial charge in [-0.3, -0.25) is 0 Å². The van der Waals surface area contributed by atoms with Crippen LogP contribution in [-0.2, 0) is 20.4 Å². The minimum Gasteiger partial charge on any atom is -1.00 e. The number of allylic oxidation sites excluding steroid dienone is 2. The molecular formula is C21H32Cl2NOSiTi. The number of hydrogen-bond donors (Lipinski definition) is 1. The second-order valence-corrected chi connectivity index (χ2v) is 14.1. The van der Waals surface area contributed by atoms with Crippen LogP contribution in [0.3, 0.4) is 0 Å². The molecule has 1 aliphatic rings. The zero-order valence-corrected chi connectivity index (χ0v) is 21.9. The third-order valence-corrected chi connectivity index (χ3v) is 5.66. The summed E-state index contributed by atoms with van der Waals surface area (Å²) >= 11 is 2.23. The summed E-state index contributed by atoms with van der Waals surface area (Å²) in [4.78, 5) is 0. The first kappa shape index (κ1) is 26.8. The molecule has 0 aliphatic heterocycles. The summed E-state index contributed by atoms with van der Waals surface area (Å²) in [6.45, 7) is 17.9. The standard InChI is InChI=1S/C21H32NOSi.2ClH.Ti/c1-9-11-15(2)19-17(22-21(3,4)5)14-16-12-10-13-18(20(16)19)23-24(6,7)8;;;/h10,12-13,22H,9,11H2,1-8H3;2*1H;/q;;;+2/p-2. The Bertz CT molecular complexity index is 731. The molecule has 149 valence electrons. The summed E-state index contributed by atoms with van der Waals surface area (Å²) in [5.41, 5.74) is 6.71. The molecule has 0 spiro atoms. The first-order valence-corrected chi connectivity index (χ1v) is 13.4. The summed E-state index contributed by atoms with van der Waals surface area (Å²) < 4.78 is 7.81. The van der Waals surface area contributed by atoms with Crippen molar-refractivity contribution in [3.05, 3.63) is 40.6 Å². The number of rotatable bonds is 5. The molecule has 0 saturated carbocycles. The van der Waals surface area contributed by atoms with Crippen molar-refractivity contribution in [3.8, 4) is 5.75 Å². The van der Waals surface area contributed by atoms with Crippen molar-refractivity contribution in [2.75, 3.05) is 0 Å². The Kier molecular flexibility index (Phi) is 9.96. The molecule has 6 heteroatoms. The normalized spacial score (nSPS) is 15.6. The molecule has 1 aromatic rings. The second-order valence-electron chi connectivity index (χ2n) is 8.92.